The molecule has 0 spiro atoms. The Labute approximate surface area is 152 Å². The fourth-order valence-electron chi connectivity index (χ4n) is 2.85. The molecule has 136 valence electrons. The second kappa shape index (κ2) is 7.95. The van der Waals surface area contributed by atoms with Crippen LogP contribution in [-0.4, -0.2) is 59.0 Å². The number of esters is 1. The van der Waals surface area contributed by atoms with Gasteiger partial charge in [-0.25, -0.2) is 9.78 Å². The Kier molecular flexibility index (Phi) is 5.46. The van der Waals surface area contributed by atoms with Crippen LogP contribution in [-0.2, 0) is 9.53 Å². The van der Waals surface area contributed by atoms with E-state index in [1.807, 2.05) is 18.2 Å². The van der Waals surface area contributed by atoms with Gasteiger partial charge in [0.1, 0.15) is 0 Å². The molecule has 0 N–H and O–H groups in total. The molecule has 1 aliphatic rings. The van der Waals surface area contributed by atoms with Crippen molar-refractivity contribution in [3.63, 3.8) is 0 Å². The zero-order valence-electron chi connectivity index (χ0n) is 15.0. The number of rotatable bonds is 4. The van der Waals surface area contributed by atoms with Crippen LogP contribution < -0.4 is 4.90 Å². The van der Waals surface area contributed by atoms with Gasteiger partial charge in [0.25, 0.3) is 5.91 Å². The fraction of sp³-hybridized carbons (Fsp3) is 0.368. The lowest BCUT2D eigenvalue weighted by atomic mass is 10.2. The van der Waals surface area contributed by atoms with E-state index < -0.39 is 12.1 Å². The third-order valence-electron chi connectivity index (χ3n) is 4.33. The third kappa shape index (κ3) is 4.17. The highest BCUT2D eigenvalue weighted by atomic mass is 16.5. The summed E-state index contributed by atoms with van der Waals surface area (Å²) in [4.78, 5) is 36.6. The minimum absolute atomic E-state index is 0.101. The number of hydrogen-bond donors (Lipinski definition) is 0. The molecule has 1 aliphatic heterocycles. The SMILES string of the molecule is Cc1cnc(C(=O)OC(C)C(=O)N2CCN(c3ccccc3)CC2)cn1. The van der Waals surface area contributed by atoms with Crippen LogP contribution in [0.5, 0.6) is 0 Å². The summed E-state index contributed by atoms with van der Waals surface area (Å²) in [6, 6.07) is 10.1. The number of aromatic nitrogens is 2. The number of carbonyl (C=O) groups is 2. The molecule has 1 atom stereocenters. The van der Waals surface area contributed by atoms with E-state index in [1.54, 1.807) is 18.7 Å². The molecule has 0 radical (unpaired) electrons. The number of ether oxygens (including phenoxy) is 1. The summed E-state index contributed by atoms with van der Waals surface area (Å²) in [5, 5.41) is 0. The molecule has 2 aromatic rings. The molecule has 1 unspecified atom stereocenters. The fourth-order valence-corrected chi connectivity index (χ4v) is 2.85. The van der Waals surface area contributed by atoms with Crippen molar-refractivity contribution in [3.05, 3.63) is 54.1 Å². The molecule has 1 saturated heterocycles. The van der Waals surface area contributed by atoms with Gasteiger partial charge < -0.3 is 14.5 Å². The number of benzene rings is 1. The maximum absolute atomic E-state index is 12.6. The van der Waals surface area contributed by atoms with Gasteiger partial charge in [0.2, 0.25) is 0 Å². The normalized spacial score (nSPS) is 15.5. The van der Waals surface area contributed by atoms with Crippen molar-refractivity contribution < 1.29 is 14.3 Å². The average Bonchev–Trinajstić information content (AvgIpc) is 2.68. The topological polar surface area (TPSA) is 75.6 Å². The highest BCUT2D eigenvalue weighted by molar-refractivity contribution is 5.90. The highest BCUT2D eigenvalue weighted by Gasteiger charge is 2.27. The Morgan fingerprint density at radius 2 is 1.73 bits per heavy atom. The number of anilines is 1. The van der Waals surface area contributed by atoms with E-state index in [-0.39, 0.29) is 11.6 Å². The van der Waals surface area contributed by atoms with Crippen LogP contribution >= 0.6 is 0 Å². The molecule has 0 bridgehead atoms. The molecule has 0 aliphatic carbocycles. The molecule has 2 heterocycles. The Hall–Kier alpha value is -2.96. The Morgan fingerprint density at radius 3 is 2.35 bits per heavy atom. The van der Waals surface area contributed by atoms with Crippen LogP contribution in [0.1, 0.15) is 23.1 Å². The van der Waals surface area contributed by atoms with Gasteiger partial charge in [0, 0.05) is 38.1 Å². The van der Waals surface area contributed by atoms with Crippen molar-refractivity contribution in [1.29, 1.82) is 0 Å². The molecule has 1 amide bonds. The van der Waals surface area contributed by atoms with E-state index in [2.05, 4.69) is 27.0 Å². The number of piperazine rings is 1. The molecule has 7 nitrogen and oxygen atoms in total. The van der Waals surface area contributed by atoms with Crippen LogP contribution in [0.3, 0.4) is 0 Å². The number of nitrogens with zero attached hydrogens (tertiary/aromatic N) is 4. The number of para-hydroxylation sites is 1. The number of aryl methyl sites for hydroxylation is 1. The van der Waals surface area contributed by atoms with Crippen molar-refractivity contribution in [1.82, 2.24) is 14.9 Å². The lowest BCUT2D eigenvalue weighted by Crippen LogP contribution is -2.51. The largest absolute Gasteiger partial charge is 0.448 e. The molecule has 7 heteroatoms. The molecule has 1 aromatic heterocycles. The smallest absolute Gasteiger partial charge is 0.359 e. The minimum atomic E-state index is -0.853. The third-order valence-corrected chi connectivity index (χ3v) is 4.33. The summed E-state index contributed by atoms with van der Waals surface area (Å²) in [5.41, 5.74) is 1.96. The Bertz CT molecular complexity index is 756. The van der Waals surface area contributed by atoms with E-state index in [1.165, 1.54) is 12.4 Å². The molecule has 26 heavy (non-hydrogen) atoms. The number of carbonyl (C=O) groups excluding carboxylic acids is 2. The molecular formula is C19H22N4O3. The van der Waals surface area contributed by atoms with Crippen molar-refractivity contribution in [3.8, 4) is 0 Å². The van der Waals surface area contributed by atoms with Crippen LogP contribution in [0.25, 0.3) is 0 Å². The van der Waals surface area contributed by atoms with Crippen LogP contribution in [0.15, 0.2) is 42.7 Å². The Balaban J connectivity index is 1.53. The lowest BCUT2D eigenvalue weighted by Gasteiger charge is -2.37. The predicted molar refractivity (Wildman–Crippen MR) is 96.9 cm³/mol. The van der Waals surface area contributed by atoms with Crippen LogP contribution in [0.2, 0.25) is 0 Å². The Morgan fingerprint density at radius 1 is 1.04 bits per heavy atom. The van der Waals surface area contributed by atoms with E-state index in [9.17, 15) is 9.59 Å². The molecule has 1 fully saturated rings. The first-order valence-electron chi connectivity index (χ1n) is 8.63. The molecule has 3 rings (SSSR count). The van der Waals surface area contributed by atoms with Gasteiger partial charge in [-0.2, -0.15) is 0 Å². The van der Waals surface area contributed by atoms with E-state index in [4.69, 9.17) is 4.74 Å². The zero-order chi connectivity index (χ0) is 18.5. The first-order valence-corrected chi connectivity index (χ1v) is 8.63. The van der Waals surface area contributed by atoms with E-state index in [0.717, 1.165) is 18.8 Å². The van der Waals surface area contributed by atoms with Crippen LogP contribution in [0.4, 0.5) is 5.69 Å². The standard InChI is InChI=1S/C19H22N4O3/c1-14-12-21-17(13-20-14)19(25)26-15(2)18(24)23-10-8-22(9-11-23)16-6-4-3-5-7-16/h3-7,12-13,15H,8-11H2,1-2H3. The number of amides is 1. The monoisotopic (exact) mass is 354 g/mol. The summed E-state index contributed by atoms with van der Waals surface area (Å²) >= 11 is 0. The first kappa shape index (κ1) is 17.8. The van der Waals surface area contributed by atoms with Crippen molar-refractivity contribution in [2.24, 2.45) is 0 Å². The summed E-state index contributed by atoms with van der Waals surface area (Å²) < 4.78 is 5.26. The van der Waals surface area contributed by atoms with Gasteiger partial charge in [-0.3, -0.25) is 9.78 Å². The second-order valence-corrected chi connectivity index (χ2v) is 6.24. The molecule has 1 aromatic carbocycles. The summed E-state index contributed by atoms with van der Waals surface area (Å²) in [7, 11) is 0. The summed E-state index contributed by atoms with van der Waals surface area (Å²) in [5.74, 6) is -0.826. The van der Waals surface area contributed by atoms with E-state index in [0.29, 0.717) is 18.8 Å². The van der Waals surface area contributed by atoms with Crippen LogP contribution in [0, 0.1) is 6.92 Å². The maximum Gasteiger partial charge on any atom is 0.359 e. The first-order chi connectivity index (χ1) is 12.5. The molecular weight excluding hydrogens is 332 g/mol. The van der Waals surface area contributed by atoms with Gasteiger partial charge in [-0.05, 0) is 26.0 Å². The van der Waals surface area contributed by atoms with E-state index >= 15 is 0 Å². The van der Waals surface area contributed by atoms with Gasteiger partial charge in [-0.15, -0.1) is 0 Å². The predicted octanol–water partition coefficient (Wildman–Crippen LogP) is 1.68. The number of hydrogen-bond acceptors (Lipinski definition) is 6. The van der Waals surface area contributed by atoms with Gasteiger partial charge in [0.05, 0.1) is 11.9 Å². The van der Waals surface area contributed by atoms with Gasteiger partial charge >= 0.3 is 5.97 Å². The van der Waals surface area contributed by atoms with Gasteiger partial charge in [-0.1, -0.05) is 18.2 Å². The lowest BCUT2D eigenvalue weighted by molar-refractivity contribution is -0.140. The van der Waals surface area contributed by atoms with Crippen molar-refractivity contribution >= 4 is 17.6 Å². The molecule has 0 saturated carbocycles. The quantitative estimate of drug-likeness (QED) is 0.778. The highest BCUT2D eigenvalue weighted by Crippen LogP contribution is 2.16. The zero-order valence-corrected chi connectivity index (χ0v) is 15.0. The average molecular weight is 354 g/mol. The summed E-state index contributed by atoms with van der Waals surface area (Å²) in [6.45, 7) is 6.06. The summed E-state index contributed by atoms with van der Waals surface area (Å²) in [6.07, 6.45) is 1.99. The van der Waals surface area contributed by atoms with Crippen molar-refractivity contribution in [2.45, 2.75) is 20.0 Å². The second-order valence-electron chi connectivity index (χ2n) is 6.24. The minimum Gasteiger partial charge on any atom is -0.448 e. The van der Waals surface area contributed by atoms with Crippen molar-refractivity contribution in [2.75, 3.05) is 31.1 Å². The maximum atomic E-state index is 12.6. The van der Waals surface area contributed by atoms with Gasteiger partial charge in [0.15, 0.2) is 11.8 Å².